The fourth-order valence-electron chi connectivity index (χ4n) is 4.53. The molecule has 3 heterocycles. The Labute approximate surface area is 172 Å². The number of nitrogens with one attached hydrogen (secondary N) is 1. The molecule has 156 valence electrons. The van der Waals surface area contributed by atoms with Gasteiger partial charge in [-0.3, -0.25) is 10.1 Å². The van der Waals surface area contributed by atoms with E-state index >= 15 is 0 Å². The molecular weight excluding hydrogens is 408 g/mol. The maximum atomic E-state index is 13.3. The number of anilines is 1. The Balaban J connectivity index is 1.50. The number of nitrogens with zero attached hydrogens (tertiary/aromatic N) is 5. The second-order valence-corrected chi connectivity index (χ2v) is 9.86. The van der Waals surface area contributed by atoms with Crippen LogP contribution in [0, 0.1) is 15.5 Å². The van der Waals surface area contributed by atoms with Crippen LogP contribution in [-0.4, -0.2) is 58.8 Å². The summed E-state index contributed by atoms with van der Waals surface area (Å²) in [6, 6.07) is 7.33. The van der Waals surface area contributed by atoms with Crippen molar-refractivity contribution in [3.63, 3.8) is 0 Å². The summed E-state index contributed by atoms with van der Waals surface area (Å²) in [7, 11) is -2.08. The molecule has 1 unspecified atom stereocenters. The molecule has 0 amide bonds. The molecule has 0 radical (unpaired) electrons. The number of benzene rings is 1. The summed E-state index contributed by atoms with van der Waals surface area (Å²) in [5, 5.41) is 12.2. The van der Waals surface area contributed by atoms with E-state index in [1.807, 2.05) is 18.0 Å². The van der Waals surface area contributed by atoms with E-state index in [9.17, 15) is 18.5 Å². The number of fused-ring (bicyclic) bond motifs is 1. The van der Waals surface area contributed by atoms with Gasteiger partial charge in [0.15, 0.2) is 4.90 Å². The number of aromatic amines is 1. The van der Waals surface area contributed by atoms with Gasteiger partial charge in [0.05, 0.1) is 16.4 Å². The van der Waals surface area contributed by atoms with Crippen molar-refractivity contribution in [3.05, 3.63) is 53.0 Å². The van der Waals surface area contributed by atoms with E-state index < -0.39 is 20.6 Å². The van der Waals surface area contributed by atoms with Crippen LogP contribution in [0.1, 0.15) is 12.8 Å². The quantitative estimate of drug-likeness (QED) is 0.487. The van der Waals surface area contributed by atoms with Crippen molar-refractivity contribution >= 4 is 32.6 Å². The second-order valence-electron chi connectivity index (χ2n) is 7.95. The van der Waals surface area contributed by atoms with Gasteiger partial charge in [-0.05, 0) is 25.0 Å². The number of sulfonamides is 1. The second kappa shape index (κ2) is 6.47. The minimum absolute atomic E-state index is 0.0805. The molecule has 2 fully saturated rings. The van der Waals surface area contributed by atoms with E-state index in [-0.39, 0.29) is 22.9 Å². The molecule has 2 aliphatic rings. The summed E-state index contributed by atoms with van der Waals surface area (Å²) in [6.07, 6.45) is 5.10. The molecule has 30 heavy (non-hydrogen) atoms. The van der Waals surface area contributed by atoms with Gasteiger partial charge < -0.3 is 9.88 Å². The van der Waals surface area contributed by atoms with E-state index in [0.29, 0.717) is 6.54 Å². The molecule has 5 rings (SSSR count). The minimum atomic E-state index is -4.00. The zero-order valence-electron chi connectivity index (χ0n) is 16.2. The molecule has 1 spiro atoms. The van der Waals surface area contributed by atoms with Crippen molar-refractivity contribution in [1.82, 2.24) is 19.3 Å². The maximum absolute atomic E-state index is 13.3. The van der Waals surface area contributed by atoms with Gasteiger partial charge in [0.2, 0.25) is 10.0 Å². The van der Waals surface area contributed by atoms with Crippen molar-refractivity contribution in [2.75, 3.05) is 25.0 Å². The first-order valence-corrected chi connectivity index (χ1v) is 11.0. The largest absolute Gasteiger partial charge is 0.354 e. The predicted molar refractivity (Wildman–Crippen MR) is 110 cm³/mol. The third-order valence-corrected chi connectivity index (χ3v) is 8.14. The first-order chi connectivity index (χ1) is 14.3. The Bertz CT molecular complexity index is 1250. The lowest BCUT2D eigenvalue weighted by Gasteiger charge is -2.30. The third kappa shape index (κ3) is 2.76. The molecular formula is C19H20N6O4S. The lowest BCUT2D eigenvalue weighted by Crippen LogP contribution is -2.40. The Morgan fingerprint density at radius 1 is 1.27 bits per heavy atom. The summed E-state index contributed by atoms with van der Waals surface area (Å²) < 4.78 is 28.0. The van der Waals surface area contributed by atoms with Crippen molar-refractivity contribution in [2.24, 2.45) is 5.41 Å². The summed E-state index contributed by atoms with van der Waals surface area (Å²) in [6.45, 7) is 0.596. The maximum Gasteiger partial charge on any atom is 0.289 e. The lowest BCUT2D eigenvalue weighted by molar-refractivity contribution is -0.387. The summed E-state index contributed by atoms with van der Waals surface area (Å²) in [5.41, 5.74) is 0.155. The number of likely N-dealkylation sites (N-methyl/N-ethyl adjacent to an activating group) is 1. The van der Waals surface area contributed by atoms with Crippen molar-refractivity contribution < 1.29 is 13.3 Å². The van der Waals surface area contributed by atoms with Crippen LogP contribution in [0.5, 0.6) is 0 Å². The highest BCUT2D eigenvalue weighted by atomic mass is 32.2. The van der Waals surface area contributed by atoms with Crippen LogP contribution in [0.25, 0.3) is 11.0 Å². The van der Waals surface area contributed by atoms with E-state index in [1.54, 1.807) is 6.20 Å². The Morgan fingerprint density at radius 3 is 2.77 bits per heavy atom. The molecule has 0 bridgehead atoms. The molecule has 3 aromatic rings. The summed E-state index contributed by atoms with van der Waals surface area (Å²) in [5.74, 6) is 0.738. The smallest absolute Gasteiger partial charge is 0.289 e. The summed E-state index contributed by atoms with van der Waals surface area (Å²) in [4.78, 5) is 24.2. The minimum Gasteiger partial charge on any atom is -0.354 e. The van der Waals surface area contributed by atoms with Crippen LogP contribution >= 0.6 is 0 Å². The van der Waals surface area contributed by atoms with Gasteiger partial charge >= 0.3 is 0 Å². The number of H-pyrrole nitrogens is 1. The molecule has 10 nitrogen and oxygen atoms in total. The molecule has 1 atom stereocenters. The number of aromatic nitrogens is 3. The molecule has 1 aromatic carbocycles. The monoisotopic (exact) mass is 428 g/mol. The zero-order valence-corrected chi connectivity index (χ0v) is 17.0. The predicted octanol–water partition coefficient (Wildman–Crippen LogP) is 2.16. The highest BCUT2D eigenvalue weighted by Gasteiger charge is 2.59. The summed E-state index contributed by atoms with van der Waals surface area (Å²) >= 11 is 0. The molecule has 1 aliphatic heterocycles. The Hall–Kier alpha value is -3.05. The first kappa shape index (κ1) is 18.9. The number of hydrogen-bond donors (Lipinski definition) is 1. The van der Waals surface area contributed by atoms with Gasteiger partial charge in [0.25, 0.3) is 5.69 Å². The molecule has 1 saturated carbocycles. The Morgan fingerprint density at radius 2 is 2.03 bits per heavy atom. The van der Waals surface area contributed by atoms with Crippen molar-refractivity contribution in [1.29, 1.82) is 0 Å². The average molecular weight is 428 g/mol. The molecule has 11 heteroatoms. The fraction of sp³-hybridized carbons (Fsp3) is 0.368. The molecule has 1 saturated heterocycles. The number of nitro benzene ring substituents is 1. The topological polar surface area (TPSA) is 125 Å². The number of rotatable bonds is 5. The normalized spacial score (nSPS) is 20.6. The zero-order chi connectivity index (χ0) is 21.1. The van der Waals surface area contributed by atoms with Crippen molar-refractivity contribution in [3.8, 4) is 0 Å². The van der Waals surface area contributed by atoms with Gasteiger partial charge in [-0.2, -0.15) is 4.31 Å². The highest BCUT2D eigenvalue weighted by Crippen LogP contribution is 2.56. The number of nitro groups is 1. The molecule has 1 aliphatic carbocycles. The van der Waals surface area contributed by atoms with E-state index in [1.165, 1.54) is 34.9 Å². The van der Waals surface area contributed by atoms with Crippen LogP contribution in [0.3, 0.4) is 0 Å². The average Bonchev–Trinajstić information content (AvgIpc) is 3.17. The van der Waals surface area contributed by atoms with Gasteiger partial charge in [0.1, 0.15) is 17.8 Å². The van der Waals surface area contributed by atoms with Gasteiger partial charge in [-0.25, -0.2) is 18.4 Å². The SMILES string of the molecule is CN(c1ncnc2[nH]ccc12)C1CN(S(=O)(=O)c2ccccc2[N+](=O)[O-])CC12CC2. The van der Waals surface area contributed by atoms with Crippen LogP contribution in [-0.2, 0) is 10.0 Å². The highest BCUT2D eigenvalue weighted by molar-refractivity contribution is 7.89. The number of para-hydroxylation sites is 1. The first-order valence-electron chi connectivity index (χ1n) is 9.58. The van der Waals surface area contributed by atoms with E-state index in [2.05, 4.69) is 15.0 Å². The van der Waals surface area contributed by atoms with E-state index in [0.717, 1.165) is 29.7 Å². The van der Waals surface area contributed by atoms with E-state index in [4.69, 9.17) is 0 Å². The standard InChI is InChI=1S/C19H20N6O4S/c1-23(18-13-6-9-20-17(13)21-12-22-18)16-10-24(11-19(16)7-8-19)30(28,29)15-5-3-2-4-14(15)25(26)27/h2-6,9,12,16H,7-8,10-11H2,1H3,(H,20,21,22). The number of hydrogen-bond acceptors (Lipinski definition) is 7. The van der Waals surface area contributed by atoms with Gasteiger partial charge in [-0.1, -0.05) is 12.1 Å². The van der Waals surface area contributed by atoms with Crippen LogP contribution in [0.2, 0.25) is 0 Å². The lowest BCUT2D eigenvalue weighted by atomic mass is 9.99. The van der Waals surface area contributed by atoms with Crippen LogP contribution in [0.4, 0.5) is 11.5 Å². The molecule has 2 aromatic heterocycles. The van der Waals surface area contributed by atoms with Gasteiger partial charge in [0, 0.05) is 37.8 Å². The van der Waals surface area contributed by atoms with Crippen LogP contribution in [0.15, 0.2) is 47.8 Å². The molecule has 1 N–H and O–H groups in total. The van der Waals surface area contributed by atoms with Gasteiger partial charge in [-0.15, -0.1) is 0 Å². The third-order valence-electron chi connectivity index (χ3n) is 6.28. The van der Waals surface area contributed by atoms with Crippen LogP contribution < -0.4 is 4.90 Å². The Kier molecular flexibility index (Phi) is 4.09. The van der Waals surface area contributed by atoms with Crippen molar-refractivity contribution in [2.45, 2.75) is 23.8 Å². The fourth-order valence-corrected chi connectivity index (χ4v) is 6.23.